The maximum absolute atomic E-state index is 13.2. The van der Waals surface area contributed by atoms with Crippen molar-refractivity contribution in [2.45, 2.75) is 37.5 Å². The van der Waals surface area contributed by atoms with Gasteiger partial charge in [0.1, 0.15) is 22.8 Å². The van der Waals surface area contributed by atoms with Crippen LogP contribution < -0.4 is 15.5 Å². The van der Waals surface area contributed by atoms with Crippen LogP contribution in [0.15, 0.2) is 96.1 Å². The minimum Gasteiger partial charge on any atom is -0.350 e. The van der Waals surface area contributed by atoms with E-state index >= 15 is 0 Å². The molecule has 1 aliphatic rings. The second-order valence-electron chi connectivity index (χ2n) is 14.9. The first-order chi connectivity index (χ1) is 29.7. The van der Waals surface area contributed by atoms with Gasteiger partial charge in [-0.2, -0.15) is 38.2 Å². The van der Waals surface area contributed by atoms with Crippen molar-refractivity contribution >= 4 is 86.1 Å². The van der Waals surface area contributed by atoms with E-state index < -0.39 is 104 Å². The molecule has 0 bridgehead atoms. The predicted molar refractivity (Wildman–Crippen MR) is 236 cm³/mol. The van der Waals surface area contributed by atoms with Gasteiger partial charge in [0.2, 0.25) is 11.6 Å². The van der Waals surface area contributed by atoms with Crippen LogP contribution in [0.3, 0.4) is 0 Å². The van der Waals surface area contributed by atoms with Crippen molar-refractivity contribution in [1.82, 2.24) is 15.6 Å². The van der Waals surface area contributed by atoms with Gasteiger partial charge in [-0.3, -0.25) is 37.5 Å². The van der Waals surface area contributed by atoms with E-state index in [1.807, 2.05) is 13.8 Å². The second-order valence-corrected chi connectivity index (χ2v) is 21.0. The summed E-state index contributed by atoms with van der Waals surface area (Å²) in [6.45, 7) is 3.88. The molecule has 3 amide bonds. The average Bonchev–Trinajstić information content (AvgIpc) is 3.39. The molecule has 0 spiro atoms. The Morgan fingerprint density at radius 2 is 1.28 bits per heavy atom. The van der Waals surface area contributed by atoms with E-state index in [-0.39, 0.29) is 41.1 Å². The lowest BCUT2D eigenvalue weighted by Gasteiger charge is -2.19. The molecule has 20 nitrogen and oxygen atoms in total. The second kappa shape index (κ2) is 19.2. The van der Waals surface area contributed by atoms with Crippen LogP contribution in [0.5, 0.6) is 0 Å². The number of pyridine rings is 1. The Labute approximate surface area is 369 Å². The van der Waals surface area contributed by atoms with Gasteiger partial charge in [0, 0.05) is 61.4 Å². The van der Waals surface area contributed by atoms with Crippen molar-refractivity contribution in [3.8, 4) is 11.1 Å². The highest BCUT2D eigenvalue weighted by molar-refractivity contribution is 7.86. The van der Waals surface area contributed by atoms with E-state index in [1.54, 1.807) is 59.3 Å². The van der Waals surface area contributed by atoms with Crippen LogP contribution in [-0.2, 0) is 50.7 Å². The first-order valence-corrected chi connectivity index (χ1v) is 25.3. The zero-order valence-corrected chi connectivity index (χ0v) is 37.6. The number of nitrogens with one attached hydrogen (secondary N) is 2. The van der Waals surface area contributed by atoms with Gasteiger partial charge >= 0.3 is 0 Å². The molecule has 0 aliphatic carbocycles. The number of amides is 3. The van der Waals surface area contributed by atoms with E-state index in [4.69, 9.17) is 9.11 Å². The fourth-order valence-corrected chi connectivity index (χ4v) is 9.04. The first kappa shape index (κ1) is 49.3. The number of benzene rings is 3. The Bertz CT molecular complexity index is 3010. The van der Waals surface area contributed by atoms with E-state index in [0.29, 0.717) is 22.3 Å². The third-order valence-corrected chi connectivity index (χ3v) is 13.0. The Morgan fingerprint density at radius 1 is 0.719 bits per heavy atom. The monoisotopic (exact) mass is 962 g/mol. The van der Waals surface area contributed by atoms with Crippen molar-refractivity contribution in [2.75, 3.05) is 41.8 Å². The van der Waals surface area contributed by atoms with Crippen LogP contribution in [0.2, 0.25) is 0 Å². The summed E-state index contributed by atoms with van der Waals surface area (Å²) in [6, 6.07) is 16.8. The smallest absolute Gasteiger partial charge is 0.295 e. The topological polar surface area (TPSA) is 312 Å². The summed E-state index contributed by atoms with van der Waals surface area (Å²) < 4.78 is 135. The summed E-state index contributed by atoms with van der Waals surface area (Å²) in [5.74, 6) is -4.61. The van der Waals surface area contributed by atoms with Gasteiger partial charge in [-0.1, -0.05) is 36.4 Å². The molecule has 0 radical (unpaired) electrons. The minimum atomic E-state index is -5.04. The lowest BCUT2D eigenvalue weighted by atomic mass is 9.78. The first-order valence-electron chi connectivity index (χ1n) is 19.0. The lowest BCUT2D eigenvalue weighted by molar-refractivity contribution is -0.437. The van der Waals surface area contributed by atoms with Gasteiger partial charge in [-0.25, -0.2) is 4.98 Å². The highest BCUT2D eigenvalue weighted by Crippen LogP contribution is 2.47. The standard InChI is InChI=1S/C40H43N5O15S4/c1-26(46)44(29-10-5-4-6-11-29)17-8-7-12-36-40(2,3)37-30-14-13-27(22-31(30)35(64(58,59)60)25-34(37)45(36)18-9-19-61(49,50)51)28-23-32(38(47)41-15-20-62(52,53)54)43-33(24-28)39(48)42-16-21-63(55,56)57/h4-8,10-14,17,22-25H,9,15-16,18-21H2,1-3H3,(H5-,41,42,47,48,49,50,51,52,53,54,55,56,57,58,59,60)/p+1. The fourth-order valence-electron chi connectivity index (χ4n) is 7.12. The molecule has 5 rings (SSSR count). The van der Waals surface area contributed by atoms with Gasteiger partial charge in [0.25, 0.3) is 52.3 Å². The molecule has 1 aliphatic heterocycles. The third-order valence-electron chi connectivity index (χ3n) is 9.88. The molecular weight excluding hydrogens is 919 g/mol. The van der Waals surface area contributed by atoms with Gasteiger partial charge in [-0.15, -0.1) is 0 Å². The molecule has 0 fully saturated rings. The fraction of sp³-hybridized carbons (Fsp3) is 0.275. The third kappa shape index (κ3) is 12.5. The molecule has 342 valence electrons. The quantitative estimate of drug-likeness (QED) is 0.0474. The number of carbonyl (C=O) groups is 3. The molecule has 64 heavy (non-hydrogen) atoms. The molecule has 0 atom stereocenters. The van der Waals surface area contributed by atoms with Gasteiger partial charge in [0.05, 0.1) is 22.7 Å². The van der Waals surface area contributed by atoms with Crippen molar-refractivity contribution < 1.29 is 70.8 Å². The summed E-state index contributed by atoms with van der Waals surface area (Å²) in [5, 5.41) is 4.78. The van der Waals surface area contributed by atoms with E-state index in [9.17, 15) is 57.2 Å². The molecule has 3 aromatic carbocycles. The summed E-state index contributed by atoms with van der Waals surface area (Å²) in [5.41, 5.74) is 0.326. The Morgan fingerprint density at radius 3 is 1.80 bits per heavy atom. The number of hydrogen-bond acceptors (Lipinski definition) is 12. The molecule has 1 aromatic heterocycles. The zero-order valence-electron chi connectivity index (χ0n) is 34.4. The van der Waals surface area contributed by atoms with Crippen molar-refractivity contribution in [1.29, 1.82) is 0 Å². The number of aromatic nitrogens is 1. The van der Waals surface area contributed by atoms with Crippen LogP contribution in [0.1, 0.15) is 53.7 Å². The number of carbonyl (C=O) groups excluding carboxylic acids is 3. The Hall–Kier alpha value is -5.73. The maximum Gasteiger partial charge on any atom is 0.295 e. The van der Waals surface area contributed by atoms with Crippen LogP contribution >= 0.6 is 0 Å². The number of anilines is 1. The Kier molecular flexibility index (Phi) is 14.8. The molecule has 0 saturated carbocycles. The van der Waals surface area contributed by atoms with Crippen LogP contribution in [0.4, 0.5) is 11.4 Å². The zero-order chi connectivity index (χ0) is 47.4. The van der Waals surface area contributed by atoms with Gasteiger partial charge in [0.15, 0.2) is 5.71 Å². The van der Waals surface area contributed by atoms with Crippen molar-refractivity contribution in [2.24, 2.45) is 0 Å². The van der Waals surface area contributed by atoms with Crippen molar-refractivity contribution in [3.63, 3.8) is 0 Å². The van der Waals surface area contributed by atoms with Crippen LogP contribution in [0.25, 0.3) is 21.9 Å². The van der Waals surface area contributed by atoms with Crippen LogP contribution in [-0.4, -0.2) is 122 Å². The van der Waals surface area contributed by atoms with E-state index in [1.165, 1.54) is 48.2 Å². The number of allylic oxidation sites excluding steroid dienone is 3. The summed E-state index contributed by atoms with van der Waals surface area (Å²) >= 11 is 0. The van der Waals surface area contributed by atoms with Gasteiger partial charge in [-0.05, 0) is 66.8 Å². The predicted octanol–water partition coefficient (Wildman–Crippen LogP) is 3.16. The van der Waals surface area contributed by atoms with Crippen molar-refractivity contribution in [3.05, 3.63) is 108 Å². The molecule has 6 N–H and O–H groups in total. The number of nitrogens with zero attached hydrogens (tertiary/aromatic N) is 3. The molecule has 24 heteroatoms. The number of para-hydroxylation sites is 1. The SMILES string of the molecule is CC(=O)N(C=CC=CC1=[N+](CCCS(=O)(=O)O)c2cc(S(=O)(=O)O)c3cc(-c4cc(C(=O)NCCS(=O)(=O)O)nc(C(=O)NCCS(=O)(=O)O)c4)ccc3c2C1(C)C)c1ccccc1. The normalized spacial score (nSPS) is 14.3. The average molecular weight is 963 g/mol. The summed E-state index contributed by atoms with van der Waals surface area (Å²) in [7, 11) is -18.4. The molecule has 2 heterocycles. The summed E-state index contributed by atoms with van der Waals surface area (Å²) in [4.78, 5) is 43.7. The van der Waals surface area contributed by atoms with E-state index in [0.717, 1.165) is 0 Å². The van der Waals surface area contributed by atoms with E-state index in [2.05, 4.69) is 15.6 Å². The molecule has 0 unspecified atom stereocenters. The maximum atomic E-state index is 13.2. The molecular formula is C40H44N5O15S4+. The lowest BCUT2D eigenvalue weighted by Crippen LogP contribution is -2.32. The number of fused-ring (bicyclic) bond motifs is 3. The highest BCUT2D eigenvalue weighted by Gasteiger charge is 2.46. The number of hydrogen-bond donors (Lipinski definition) is 6. The minimum absolute atomic E-state index is 0.0232. The summed E-state index contributed by atoms with van der Waals surface area (Å²) in [6.07, 6.45) is 6.37. The Balaban J connectivity index is 1.67. The largest absolute Gasteiger partial charge is 0.350 e. The molecule has 4 aromatic rings. The number of rotatable bonds is 18. The van der Waals surface area contributed by atoms with Crippen LogP contribution in [0, 0.1) is 0 Å². The molecule has 0 saturated heterocycles. The van der Waals surface area contributed by atoms with Gasteiger partial charge < -0.3 is 10.6 Å². The highest BCUT2D eigenvalue weighted by atomic mass is 32.2.